The molecule has 20 heavy (non-hydrogen) atoms. The second kappa shape index (κ2) is 6.94. The van der Waals surface area contributed by atoms with E-state index in [4.69, 9.17) is 16.3 Å². The van der Waals surface area contributed by atoms with Gasteiger partial charge in [-0.05, 0) is 49.8 Å². The topological polar surface area (TPSA) is 26.3 Å². The summed E-state index contributed by atoms with van der Waals surface area (Å²) in [7, 11) is 0. The molecule has 1 fully saturated rings. The third-order valence-electron chi connectivity index (χ3n) is 3.98. The average molecular weight is 293 g/mol. The minimum atomic E-state index is -0.124. The smallest absolute Gasteiger partial charge is 0.313 e. The quantitative estimate of drug-likeness (QED) is 0.606. The van der Waals surface area contributed by atoms with Crippen molar-refractivity contribution in [1.29, 1.82) is 0 Å². The number of rotatable bonds is 4. The maximum atomic E-state index is 12.0. The van der Waals surface area contributed by atoms with E-state index < -0.39 is 0 Å². The van der Waals surface area contributed by atoms with Crippen LogP contribution in [0.3, 0.4) is 0 Å². The van der Waals surface area contributed by atoms with Gasteiger partial charge in [-0.15, -0.1) is 0 Å². The van der Waals surface area contributed by atoms with Crippen LogP contribution in [-0.2, 0) is 16.0 Å². The van der Waals surface area contributed by atoms with Gasteiger partial charge < -0.3 is 4.74 Å². The molecule has 1 aromatic rings. The van der Waals surface area contributed by atoms with Gasteiger partial charge in [0.1, 0.15) is 0 Å². The first-order valence-electron chi connectivity index (χ1n) is 7.21. The lowest BCUT2D eigenvalue weighted by molar-refractivity contribution is -0.147. The number of carbonyl (C=O) groups excluding carboxylic acids is 1. The SMILES string of the molecule is C=C1C(Cc2ccc(Cl)cc2)CCCC1C(=O)OCC. The summed E-state index contributed by atoms with van der Waals surface area (Å²) in [4.78, 5) is 12.0. The molecule has 0 amide bonds. The molecule has 0 saturated heterocycles. The second-order valence-electron chi connectivity index (χ2n) is 5.34. The van der Waals surface area contributed by atoms with Crippen LogP contribution in [0.15, 0.2) is 36.4 Å². The molecule has 2 nitrogen and oxygen atoms in total. The van der Waals surface area contributed by atoms with E-state index in [1.807, 2.05) is 31.2 Å². The Hall–Kier alpha value is -1.28. The Balaban J connectivity index is 2.03. The fourth-order valence-electron chi connectivity index (χ4n) is 2.87. The van der Waals surface area contributed by atoms with Gasteiger partial charge in [-0.1, -0.05) is 42.3 Å². The van der Waals surface area contributed by atoms with Crippen molar-refractivity contribution < 1.29 is 9.53 Å². The molecule has 0 N–H and O–H groups in total. The van der Waals surface area contributed by atoms with Crippen LogP contribution in [0.1, 0.15) is 31.7 Å². The zero-order valence-corrected chi connectivity index (χ0v) is 12.7. The van der Waals surface area contributed by atoms with Crippen molar-refractivity contribution in [3.8, 4) is 0 Å². The Bertz CT molecular complexity index is 478. The van der Waals surface area contributed by atoms with Crippen LogP contribution in [0.4, 0.5) is 0 Å². The average Bonchev–Trinajstić information content (AvgIpc) is 2.44. The molecule has 0 radical (unpaired) electrons. The zero-order valence-electron chi connectivity index (χ0n) is 11.9. The molecule has 1 saturated carbocycles. The molecule has 1 aromatic carbocycles. The molecule has 0 heterocycles. The molecule has 1 aliphatic rings. The molecule has 3 heteroatoms. The Morgan fingerprint density at radius 3 is 2.70 bits per heavy atom. The maximum Gasteiger partial charge on any atom is 0.313 e. The first-order chi connectivity index (χ1) is 9.61. The summed E-state index contributed by atoms with van der Waals surface area (Å²) in [6.07, 6.45) is 3.94. The molecule has 1 aliphatic carbocycles. The number of carbonyl (C=O) groups is 1. The monoisotopic (exact) mass is 292 g/mol. The summed E-state index contributed by atoms with van der Waals surface area (Å²) in [6, 6.07) is 7.91. The van der Waals surface area contributed by atoms with Crippen LogP contribution in [0, 0.1) is 11.8 Å². The van der Waals surface area contributed by atoms with Gasteiger partial charge in [0.2, 0.25) is 0 Å². The van der Waals surface area contributed by atoms with Gasteiger partial charge in [0.25, 0.3) is 0 Å². The number of hydrogen-bond acceptors (Lipinski definition) is 2. The molecule has 0 aromatic heterocycles. The fraction of sp³-hybridized carbons (Fsp3) is 0.471. The second-order valence-corrected chi connectivity index (χ2v) is 5.77. The number of hydrogen-bond donors (Lipinski definition) is 0. The van der Waals surface area contributed by atoms with Crippen molar-refractivity contribution in [2.45, 2.75) is 32.6 Å². The Kier molecular flexibility index (Phi) is 5.24. The van der Waals surface area contributed by atoms with E-state index in [0.29, 0.717) is 12.5 Å². The highest BCUT2D eigenvalue weighted by molar-refractivity contribution is 6.30. The number of benzene rings is 1. The number of ether oxygens (including phenoxy) is 1. The van der Waals surface area contributed by atoms with E-state index in [9.17, 15) is 4.79 Å². The lowest BCUT2D eigenvalue weighted by Gasteiger charge is -2.30. The molecule has 0 bridgehead atoms. The lowest BCUT2D eigenvalue weighted by Crippen LogP contribution is -2.28. The van der Waals surface area contributed by atoms with E-state index in [1.165, 1.54) is 5.56 Å². The molecular formula is C17H21ClO2. The third kappa shape index (κ3) is 3.63. The van der Waals surface area contributed by atoms with Gasteiger partial charge in [0.05, 0.1) is 12.5 Å². The van der Waals surface area contributed by atoms with Crippen LogP contribution in [0.2, 0.25) is 5.02 Å². The normalized spacial score (nSPS) is 22.6. The van der Waals surface area contributed by atoms with Gasteiger partial charge in [0, 0.05) is 5.02 Å². The van der Waals surface area contributed by atoms with Gasteiger partial charge >= 0.3 is 5.97 Å². The molecule has 2 atom stereocenters. The van der Waals surface area contributed by atoms with Crippen LogP contribution in [-0.4, -0.2) is 12.6 Å². The van der Waals surface area contributed by atoms with Crippen LogP contribution in [0.25, 0.3) is 0 Å². The summed E-state index contributed by atoms with van der Waals surface area (Å²) in [5, 5.41) is 0.751. The maximum absolute atomic E-state index is 12.0. The van der Waals surface area contributed by atoms with E-state index in [2.05, 4.69) is 6.58 Å². The van der Waals surface area contributed by atoms with Gasteiger partial charge in [-0.3, -0.25) is 4.79 Å². The first-order valence-corrected chi connectivity index (χ1v) is 7.59. The van der Waals surface area contributed by atoms with Crippen molar-refractivity contribution in [1.82, 2.24) is 0 Å². The number of halogens is 1. The number of esters is 1. The zero-order chi connectivity index (χ0) is 14.5. The molecule has 2 unspecified atom stereocenters. The van der Waals surface area contributed by atoms with Crippen molar-refractivity contribution in [2.24, 2.45) is 11.8 Å². The first kappa shape index (κ1) is 15.1. The van der Waals surface area contributed by atoms with Gasteiger partial charge in [0.15, 0.2) is 0 Å². The fourth-order valence-corrected chi connectivity index (χ4v) is 3.00. The molecule has 2 rings (SSSR count). The summed E-state index contributed by atoms with van der Waals surface area (Å²) >= 11 is 5.90. The largest absolute Gasteiger partial charge is 0.466 e. The summed E-state index contributed by atoms with van der Waals surface area (Å²) in [6.45, 7) is 6.44. The van der Waals surface area contributed by atoms with E-state index in [-0.39, 0.29) is 11.9 Å². The highest BCUT2D eigenvalue weighted by Gasteiger charge is 2.31. The Labute approximate surface area is 125 Å². The summed E-state index contributed by atoms with van der Waals surface area (Å²) in [5.74, 6) is 0.124. The predicted octanol–water partition coefficient (Wildman–Crippen LogP) is 4.42. The minimum Gasteiger partial charge on any atom is -0.466 e. The highest BCUT2D eigenvalue weighted by atomic mass is 35.5. The van der Waals surface area contributed by atoms with Crippen molar-refractivity contribution >= 4 is 17.6 Å². The molecule has 0 spiro atoms. The lowest BCUT2D eigenvalue weighted by atomic mass is 9.75. The predicted molar refractivity (Wildman–Crippen MR) is 81.8 cm³/mol. The highest BCUT2D eigenvalue weighted by Crippen LogP contribution is 2.36. The standard InChI is InChI=1S/C17H21ClO2/c1-3-20-17(19)16-6-4-5-14(12(16)2)11-13-7-9-15(18)10-8-13/h7-10,14,16H,2-6,11H2,1H3. The van der Waals surface area contributed by atoms with E-state index >= 15 is 0 Å². The van der Waals surface area contributed by atoms with Gasteiger partial charge in [-0.25, -0.2) is 0 Å². The van der Waals surface area contributed by atoms with E-state index in [1.54, 1.807) is 0 Å². The third-order valence-corrected chi connectivity index (χ3v) is 4.24. The Morgan fingerprint density at radius 1 is 1.35 bits per heavy atom. The summed E-state index contributed by atoms with van der Waals surface area (Å²) in [5.41, 5.74) is 2.27. The minimum absolute atomic E-state index is 0.113. The van der Waals surface area contributed by atoms with Crippen molar-refractivity contribution in [3.05, 3.63) is 47.0 Å². The molecule has 108 valence electrons. The molecule has 0 aliphatic heterocycles. The van der Waals surface area contributed by atoms with Crippen molar-refractivity contribution in [3.63, 3.8) is 0 Å². The van der Waals surface area contributed by atoms with Gasteiger partial charge in [-0.2, -0.15) is 0 Å². The molecular weight excluding hydrogens is 272 g/mol. The van der Waals surface area contributed by atoms with Crippen LogP contribution >= 0.6 is 11.6 Å². The van der Waals surface area contributed by atoms with Crippen LogP contribution < -0.4 is 0 Å². The van der Waals surface area contributed by atoms with E-state index in [0.717, 1.165) is 36.3 Å². The Morgan fingerprint density at radius 2 is 2.05 bits per heavy atom. The summed E-state index contributed by atoms with van der Waals surface area (Å²) < 4.78 is 5.15. The van der Waals surface area contributed by atoms with Crippen molar-refractivity contribution in [2.75, 3.05) is 6.61 Å². The van der Waals surface area contributed by atoms with Crippen LogP contribution in [0.5, 0.6) is 0 Å².